The van der Waals surface area contributed by atoms with Crippen LogP contribution in [-0.4, -0.2) is 54.5 Å². The predicted molar refractivity (Wildman–Crippen MR) is 322 cm³/mol. The van der Waals surface area contributed by atoms with E-state index in [1.54, 1.807) is 6.08 Å². The first-order valence-corrected chi connectivity index (χ1v) is 29.5. The van der Waals surface area contributed by atoms with Crippen LogP contribution in [0.1, 0.15) is 246 Å². The number of hydrogen-bond acceptors (Lipinski definition) is 6. The largest absolute Gasteiger partial charge is 0.762 e. The van der Waals surface area contributed by atoms with Gasteiger partial charge in [0.1, 0.15) is 13.2 Å². The minimum absolute atomic E-state index is 0. The topological polar surface area (TPSA) is 110 Å². The Morgan fingerprint density at radius 2 is 0.859 bits per heavy atom. The summed E-state index contributed by atoms with van der Waals surface area (Å²) in [5, 5.41) is 17.7. The normalized spacial score (nSPS) is 31.3. The maximum atomic E-state index is 10.9. The average Bonchev–Trinajstić information content (AvgIpc) is 3.27. The van der Waals surface area contributed by atoms with Crippen molar-refractivity contribution in [2.75, 3.05) is 13.2 Å². The lowest BCUT2D eigenvalue weighted by molar-refractivity contribution is -0.140. The van der Waals surface area contributed by atoms with Crippen LogP contribution in [0.4, 0.5) is 12.9 Å². The van der Waals surface area contributed by atoms with E-state index in [9.17, 15) is 27.6 Å². The molecule has 0 saturated heterocycles. The fraction of sp³-hybridized carbons (Fsp3) is 0.776. The lowest BCUT2D eigenvalue weighted by atomic mass is 9.47. The second kappa shape index (κ2) is 31.2. The van der Waals surface area contributed by atoms with E-state index in [0.29, 0.717) is 63.5 Å². The first kappa shape index (κ1) is 72.7. The first-order valence-electron chi connectivity index (χ1n) is 29.5. The average molecular weight is 1100 g/mol. The number of carboxylic acid groups (broad SMARTS) is 1. The number of carbonyl (C=O) groups excluding carboxylic acids is 2. The van der Waals surface area contributed by atoms with E-state index >= 15 is 0 Å². The van der Waals surface area contributed by atoms with E-state index in [1.807, 2.05) is 6.92 Å². The Labute approximate surface area is 475 Å². The van der Waals surface area contributed by atoms with Crippen LogP contribution < -0.4 is 0 Å². The summed E-state index contributed by atoms with van der Waals surface area (Å²) in [6, 6.07) is 0. The molecule has 10 atom stereocenters. The molecule has 6 saturated carbocycles. The van der Waals surface area contributed by atoms with Gasteiger partial charge in [0.2, 0.25) is 0 Å². The van der Waals surface area contributed by atoms with Crippen LogP contribution in [0.3, 0.4) is 0 Å². The number of aliphatic carboxylic acids is 1. The summed E-state index contributed by atoms with van der Waals surface area (Å²) in [5.74, 6) is 3.00. The predicted octanol–water partition coefficient (Wildman–Crippen LogP) is 19.3. The third-order valence-corrected chi connectivity index (χ3v) is 20.4. The smallest absolute Gasteiger partial charge is 0.481 e. The molecular formula is C67H114BF3O7. The number of hydrogen-bond donors (Lipinski definition) is 2. The lowest BCUT2D eigenvalue weighted by Gasteiger charge is -2.58. The van der Waals surface area contributed by atoms with Crippen LogP contribution in [0.25, 0.3) is 0 Å². The van der Waals surface area contributed by atoms with E-state index in [-0.39, 0.29) is 19.4 Å². The molecule has 0 radical (unpaired) electrons. The molecule has 0 spiro atoms. The second-order valence-electron chi connectivity index (χ2n) is 27.6. The molecule has 0 bridgehead atoms. The first-order chi connectivity index (χ1) is 35.4. The fourth-order valence-electron chi connectivity index (χ4n) is 16.5. The minimum Gasteiger partial charge on any atom is -0.481 e. The molecule has 0 heterocycles. The zero-order chi connectivity index (χ0) is 59.0. The highest BCUT2D eigenvalue weighted by Gasteiger charge is 2.55. The van der Waals surface area contributed by atoms with Crippen molar-refractivity contribution < 1.29 is 47.0 Å². The van der Waals surface area contributed by atoms with Crippen LogP contribution in [0, 0.1) is 68.0 Å². The van der Waals surface area contributed by atoms with Gasteiger partial charge in [-0.25, -0.2) is 0 Å². The molecule has 6 rings (SSSR count). The molecule has 11 heteroatoms. The maximum absolute atomic E-state index is 10.9. The Bertz CT molecular complexity index is 1950. The van der Waals surface area contributed by atoms with Crippen molar-refractivity contribution in [1.29, 1.82) is 0 Å². The number of carbonyl (C=O) groups is 3. The number of aliphatic hydroxyl groups is 1. The standard InChI is InChI=1S/2C22H36O2.C20H34O.C2H4O2.CH4.BF3/c2*1-16(12-15-24-18(3)23)8-10-19-17(2)9-11-20-21(4,5)13-7-14-22(19,20)6;1-7-19(5,21)14-11-16-15(2)9-10-17-18(3,4)12-8-13-20(16,17)6;1-2(3)4;;2-1(3)4/h2*12,19-20H,2,7-11,13-15H2,1,3-6H3;7,16-17,21H,1-2,8-14H2,3-6H3;1H3,(H,3,4);1H4;/b16-12+;16-12-;;;;/t2*19-,20-,22+;16-,17-,19?,20+;;;/m000.../s1. The Morgan fingerprint density at radius 3 is 1.12 bits per heavy atom. The van der Waals surface area contributed by atoms with Crippen LogP contribution in [0.15, 0.2) is 72.4 Å². The summed E-state index contributed by atoms with van der Waals surface area (Å²) in [5.41, 5.74) is 8.84. The van der Waals surface area contributed by atoms with Gasteiger partial charge in [0.15, 0.2) is 0 Å². The molecule has 7 nitrogen and oxygen atoms in total. The van der Waals surface area contributed by atoms with Crippen molar-refractivity contribution in [3.05, 3.63) is 72.4 Å². The summed E-state index contributed by atoms with van der Waals surface area (Å²) >= 11 is 0. The summed E-state index contributed by atoms with van der Waals surface area (Å²) in [6.07, 6.45) is 31.8. The van der Waals surface area contributed by atoms with Crippen molar-refractivity contribution in [3.63, 3.8) is 0 Å². The molecule has 448 valence electrons. The summed E-state index contributed by atoms with van der Waals surface area (Å²) in [6.45, 7) is 50.4. The SMILES string of the molecule is C.C=C1CC[C@H]2C(C)(C)CCC[C@]2(C)[C@H]1CC/C(C)=C/COC(C)=O.C=C1CC[C@H]2C(C)(C)CCC[C@]2(C)[C@H]1CC/C(C)=C\COC(C)=O.C=CC(C)(O)CC[C@H]1C(=C)CC[C@H]2C(C)(C)CCC[C@]12C.CC(=O)O.FB(F)F. The van der Waals surface area contributed by atoms with Crippen LogP contribution in [0.5, 0.6) is 0 Å². The van der Waals surface area contributed by atoms with Crippen LogP contribution >= 0.6 is 0 Å². The molecule has 0 aromatic heterocycles. The molecule has 6 fully saturated rings. The third-order valence-electron chi connectivity index (χ3n) is 20.4. The van der Waals surface area contributed by atoms with Gasteiger partial charge in [-0.3, -0.25) is 27.3 Å². The van der Waals surface area contributed by atoms with Crippen LogP contribution in [-0.2, 0) is 23.9 Å². The molecule has 1 unspecified atom stereocenters. The Morgan fingerprint density at radius 1 is 0.590 bits per heavy atom. The minimum atomic E-state index is -3.67. The molecule has 0 aromatic rings. The molecule has 0 aromatic carbocycles. The zero-order valence-electron chi connectivity index (χ0n) is 51.4. The summed E-state index contributed by atoms with van der Waals surface area (Å²) in [7, 11) is -3.67. The van der Waals surface area contributed by atoms with Gasteiger partial charge >= 0.3 is 19.5 Å². The Hall–Kier alpha value is -3.34. The molecule has 0 aliphatic heterocycles. The molecule has 0 amide bonds. The number of carboxylic acids is 1. The molecule has 6 aliphatic rings. The van der Waals surface area contributed by atoms with E-state index in [2.05, 4.69) is 115 Å². The van der Waals surface area contributed by atoms with E-state index in [4.69, 9.17) is 19.4 Å². The fourth-order valence-corrected chi connectivity index (χ4v) is 16.5. The number of fused-ring (bicyclic) bond motifs is 3. The quantitative estimate of drug-likeness (QED) is 0.101. The number of allylic oxidation sites excluding steroid dienone is 5. The number of halogens is 3. The van der Waals surface area contributed by atoms with E-state index in [0.717, 1.165) is 50.4 Å². The number of esters is 2. The highest BCUT2D eigenvalue weighted by molar-refractivity contribution is 6.33. The van der Waals surface area contributed by atoms with Crippen molar-refractivity contribution >= 4 is 25.5 Å². The number of ether oxygens (including phenoxy) is 2. The van der Waals surface area contributed by atoms with Gasteiger partial charge in [-0.1, -0.05) is 143 Å². The zero-order valence-corrected chi connectivity index (χ0v) is 51.4. The third kappa shape index (κ3) is 21.2. The van der Waals surface area contributed by atoms with Crippen molar-refractivity contribution in [3.8, 4) is 0 Å². The van der Waals surface area contributed by atoms with Gasteiger partial charge in [0.25, 0.3) is 5.97 Å². The molecule has 2 N–H and O–H groups in total. The van der Waals surface area contributed by atoms with Crippen LogP contribution in [0.2, 0.25) is 0 Å². The van der Waals surface area contributed by atoms with E-state index in [1.165, 1.54) is 151 Å². The Kier molecular flexibility index (Phi) is 29.1. The lowest BCUT2D eigenvalue weighted by Crippen LogP contribution is -2.49. The second-order valence-corrected chi connectivity index (χ2v) is 27.6. The van der Waals surface area contributed by atoms with Gasteiger partial charge in [-0.15, -0.1) is 6.58 Å². The highest BCUT2D eigenvalue weighted by atomic mass is 19.4. The van der Waals surface area contributed by atoms with E-state index < -0.39 is 19.1 Å². The highest BCUT2D eigenvalue weighted by Crippen LogP contribution is 2.64. The summed E-state index contributed by atoms with van der Waals surface area (Å²) < 4.78 is 39.1. The Balaban J connectivity index is 0.000000543. The molecule has 6 aliphatic carbocycles. The summed E-state index contributed by atoms with van der Waals surface area (Å²) in [4.78, 5) is 30.7. The van der Waals surface area contributed by atoms with Gasteiger partial charge in [-0.05, 0) is 216 Å². The van der Waals surface area contributed by atoms with Crippen molar-refractivity contribution in [1.82, 2.24) is 0 Å². The number of rotatable bonds is 14. The molecular weight excluding hydrogens is 985 g/mol. The van der Waals surface area contributed by atoms with Gasteiger partial charge < -0.3 is 19.7 Å². The van der Waals surface area contributed by atoms with Crippen molar-refractivity contribution in [2.45, 2.75) is 252 Å². The monoisotopic (exact) mass is 1100 g/mol. The molecule has 78 heavy (non-hydrogen) atoms. The van der Waals surface area contributed by atoms with Gasteiger partial charge in [-0.2, -0.15) is 0 Å². The van der Waals surface area contributed by atoms with Gasteiger partial charge in [0, 0.05) is 20.8 Å². The van der Waals surface area contributed by atoms with Crippen molar-refractivity contribution in [2.24, 2.45) is 68.0 Å². The maximum Gasteiger partial charge on any atom is 0.762 e. The van der Waals surface area contributed by atoms with Gasteiger partial charge in [0.05, 0.1) is 5.60 Å².